The molecule has 1 saturated heterocycles. The Labute approximate surface area is 205 Å². The number of methoxy groups -OCH3 is 1. The van der Waals surface area contributed by atoms with Crippen LogP contribution in [0.15, 0.2) is 59.4 Å². The molecule has 1 aliphatic heterocycles. The normalized spacial score (nSPS) is 14.1. The molecule has 1 N–H and O–H groups in total. The number of hydrogen-bond donors (Lipinski definition) is 1. The summed E-state index contributed by atoms with van der Waals surface area (Å²) >= 11 is 0. The van der Waals surface area contributed by atoms with Gasteiger partial charge in [-0.3, -0.25) is 9.47 Å². The van der Waals surface area contributed by atoms with Gasteiger partial charge in [0.05, 0.1) is 29.9 Å². The number of H-pyrrole nitrogens is 1. The number of fused-ring (bicyclic) bond motifs is 1. The second-order valence-electron chi connectivity index (χ2n) is 9.17. The molecule has 0 radical (unpaired) electrons. The predicted molar refractivity (Wildman–Crippen MR) is 138 cm³/mol. The lowest BCUT2D eigenvalue weighted by atomic mass is 10.0. The number of ether oxygens (including phenoxy) is 2. The fraction of sp³-hybridized carbons (Fsp3) is 0.357. The molecule has 182 valence electrons. The van der Waals surface area contributed by atoms with E-state index < -0.39 is 0 Å². The number of likely N-dealkylation sites (tertiary alicyclic amines) is 1. The third-order valence-corrected chi connectivity index (χ3v) is 6.65. The molecular formula is C28H32N4O3. The van der Waals surface area contributed by atoms with Crippen LogP contribution >= 0.6 is 0 Å². The second kappa shape index (κ2) is 10.5. The Morgan fingerprint density at radius 2 is 1.54 bits per heavy atom. The summed E-state index contributed by atoms with van der Waals surface area (Å²) in [5.41, 5.74) is 6.88. The number of nitrogens with one attached hydrogen (secondary N) is 1. The Bertz CT molecular complexity index is 1330. The summed E-state index contributed by atoms with van der Waals surface area (Å²) in [6, 6.07) is 19.1. The van der Waals surface area contributed by atoms with Gasteiger partial charge in [-0.15, -0.1) is 0 Å². The first-order valence-corrected chi connectivity index (χ1v) is 12.2. The van der Waals surface area contributed by atoms with E-state index in [4.69, 9.17) is 9.47 Å². The summed E-state index contributed by atoms with van der Waals surface area (Å²) in [4.78, 5) is 22.6. The van der Waals surface area contributed by atoms with Crippen molar-refractivity contribution in [3.63, 3.8) is 0 Å². The molecule has 0 saturated carbocycles. The number of nitrogens with zero attached hydrogens (tertiary/aromatic N) is 3. The van der Waals surface area contributed by atoms with E-state index in [1.165, 1.54) is 42.6 Å². The highest BCUT2D eigenvalue weighted by atomic mass is 16.5. The number of aromatic nitrogens is 3. The molecule has 7 nitrogen and oxygen atoms in total. The zero-order chi connectivity index (χ0) is 24.2. The maximum absolute atomic E-state index is 12.7. The van der Waals surface area contributed by atoms with Crippen molar-refractivity contribution in [1.29, 1.82) is 0 Å². The third kappa shape index (κ3) is 5.31. The van der Waals surface area contributed by atoms with E-state index in [2.05, 4.69) is 63.4 Å². The molecule has 1 fully saturated rings. The largest absolute Gasteiger partial charge is 0.475 e. The Kier molecular flexibility index (Phi) is 6.97. The van der Waals surface area contributed by atoms with Crippen LogP contribution in [0.25, 0.3) is 22.2 Å². The zero-order valence-corrected chi connectivity index (χ0v) is 20.4. The van der Waals surface area contributed by atoms with Crippen LogP contribution in [0.4, 0.5) is 0 Å². The number of pyridine rings is 1. The second-order valence-corrected chi connectivity index (χ2v) is 9.17. The maximum atomic E-state index is 12.7. The van der Waals surface area contributed by atoms with Crippen LogP contribution in [0.3, 0.4) is 0 Å². The van der Waals surface area contributed by atoms with Crippen molar-refractivity contribution in [2.45, 2.75) is 32.9 Å². The molecule has 0 atom stereocenters. The molecule has 0 amide bonds. The van der Waals surface area contributed by atoms with Crippen molar-refractivity contribution in [2.75, 3.05) is 33.4 Å². The standard InChI is InChI=1S/C28H32N4O3/c1-20-27-25(17-26(29-20)35-16-15-34-2)32(28(33)30-27)19-22-7-11-24(12-8-22)23-9-5-21(6-10-23)18-31-13-3-4-14-31/h5-12,17H,3-4,13-16,18-19H2,1-2H3,(H,30,33). The summed E-state index contributed by atoms with van der Waals surface area (Å²) in [5, 5.41) is 0. The summed E-state index contributed by atoms with van der Waals surface area (Å²) in [5.74, 6) is 0.489. The molecule has 0 aliphatic carbocycles. The minimum atomic E-state index is -0.156. The fourth-order valence-electron chi connectivity index (χ4n) is 4.73. The van der Waals surface area contributed by atoms with Crippen LogP contribution in [0.1, 0.15) is 29.7 Å². The third-order valence-electron chi connectivity index (χ3n) is 6.65. The lowest BCUT2D eigenvalue weighted by molar-refractivity contribution is 0.144. The van der Waals surface area contributed by atoms with Gasteiger partial charge in [-0.25, -0.2) is 9.78 Å². The highest BCUT2D eigenvalue weighted by molar-refractivity contribution is 5.78. The first-order valence-electron chi connectivity index (χ1n) is 12.2. The predicted octanol–water partition coefficient (Wildman–Crippen LogP) is 4.37. The highest BCUT2D eigenvalue weighted by Crippen LogP contribution is 2.23. The van der Waals surface area contributed by atoms with E-state index in [0.29, 0.717) is 25.6 Å². The van der Waals surface area contributed by atoms with Crippen LogP contribution in [0.5, 0.6) is 5.88 Å². The van der Waals surface area contributed by atoms with E-state index in [1.54, 1.807) is 11.7 Å². The molecule has 0 spiro atoms. The summed E-state index contributed by atoms with van der Waals surface area (Å²) < 4.78 is 12.5. The molecule has 2 aromatic heterocycles. The molecule has 4 aromatic rings. The van der Waals surface area contributed by atoms with Gasteiger partial charge in [0.2, 0.25) is 5.88 Å². The van der Waals surface area contributed by atoms with Crippen molar-refractivity contribution in [3.05, 3.63) is 81.9 Å². The van der Waals surface area contributed by atoms with E-state index in [-0.39, 0.29) is 5.69 Å². The van der Waals surface area contributed by atoms with E-state index in [9.17, 15) is 4.79 Å². The number of imidazole rings is 1. The Morgan fingerprint density at radius 3 is 2.17 bits per heavy atom. The van der Waals surface area contributed by atoms with Gasteiger partial charge >= 0.3 is 5.69 Å². The minimum absolute atomic E-state index is 0.156. The number of aryl methyl sites for hydroxylation is 1. The smallest absolute Gasteiger partial charge is 0.326 e. The van der Waals surface area contributed by atoms with Crippen LogP contribution in [-0.4, -0.2) is 52.8 Å². The SMILES string of the molecule is COCCOc1cc2c([nH]c(=O)n2Cc2ccc(-c3ccc(CN4CCCC4)cc3)cc2)c(C)n1. The van der Waals surface area contributed by atoms with Crippen LogP contribution in [0.2, 0.25) is 0 Å². The fourth-order valence-corrected chi connectivity index (χ4v) is 4.73. The van der Waals surface area contributed by atoms with Crippen molar-refractivity contribution < 1.29 is 9.47 Å². The number of aromatic amines is 1. The highest BCUT2D eigenvalue weighted by Gasteiger charge is 2.14. The van der Waals surface area contributed by atoms with E-state index >= 15 is 0 Å². The molecule has 0 bridgehead atoms. The molecule has 0 unspecified atom stereocenters. The van der Waals surface area contributed by atoms with Crippen LogP contribution in [0, 0.1) is 6.92 Å². The van der Waals surface area contributed by atoms with Gasteiger partial charge in [-0.05, 0) is 55.1 Å². The lowest BCUT2D eigenvalue weighted by Crippen LogP contribution is -2.18. The average molecular weight is 473 g/mol. The summed E-state index contributed by atoms with van der Waals surface area (Å²) in [7, 11) is 1.63. The first-order chi connectivity index (χ1) is 17.1. The monoisotopic (exact) mass is 472 g/mol. The summed E-state index contributed by atoms with van der Waals surface area (Å²) in [6.07, 6.45) is 2.63. The van der Waals surface area contributed by atoms with Gasteiger partial charge in [0.25, 0.3) is 0 Å². The molecule has 3 heterocycles. The van der Waals surface area contributed by atoms with Gasteiger partial charge < -0.3 is 14.5 Å². The van der Waals surface area contributed by atoms with Crippen LogP contribution < -0.4 is 10.4 Å². The quantitative estimate of drug-likeness (QED) is 0.366. The summed E-state index contributed by atoms with van der Waals surface area (Å²) in [6.45, 7) is 6.68. The average Bonchev–Trinajstić information content (AvgIpc) is 3.49. The van der Waals surface area contributed by atoms with E-state index in [1.807, 2.05) is 13.0 Å². The van der Waals surface area contributed by atoms with Crippen molar-refractivity contribution in [2.24, 2.45) is 0 Å². The molecule has 1 aliphatic rings. The Balaban J connectivity index is 1.32. The first kappa shape index (κ1) is 23.3. The van der Waals surface area contributed by atoms with Crippen molar-refractivity contribution in [3.8, 4) is 17.0 Å². The zero-order valence-electron chi connectivity index (χ0n) is 20.4. The maximum Gasteiger partial charge on any atom is 0.326 e. The Hall–Kier alpha value is -3.42. The van der Waals surface area contributed by atoms with Gasteiger partial charge in [-0.1, -0.05) is 48.5 Å². The number of hydrogen-bond acceptors (Lipinski definition) is 5. The van der Waals surface area contributed by atoms with E-state index in [0.717, 1.165) is 28.8 Å². The minimum Gasteiger partial charge on any atom is -0.475 e. The van der Waals surface area contributed by atoms with Crippen molar-refractivity contribution >= 4 is 11.0 Å². The molecule has 35 heavy (non-hydrogen) atoms. The van der Waals surface area contributed by atoms with Gasteiger partial charge in [0.1, 0.15) is 6.61 Å². The molecular weight excluding hydrogens is 440 g/mol. The Morgan fingerprint density at radius 1 is 0.914 bits per heavy atom. The molecule has 2 aromatic carbocycles. The topological polar surface area (TPSA) is 72.4 Å². The van der Waals surface area contributed by atoms with Crippen molar-refractivity contribution in [1.82, 2.24) is 19.4 Å². The molecule has 7 heteroatoms. The number of rotatable bonds is 9. The number of benzene rings is 2. The molecule has 5 rings (SSSR count). The van der Waals surface area contributed by atoms with Gasteiger partial charge in [0, 0.05) is 19.7 Å². The lowest BCUT2D eigenvalue weighted by Gasteiger charge is -2.14. The van der Waals surface area contributed by atoms with Gasteiger partial charge in [0.15, 0.2) is 0 Å². The van der Waals surface area contributed by atoms with Crippen LogP contribution in [-0.2, 0) is 17.8 Å². The van der Waals surface area contributed by atoms with Gasteiger partial charge in [-0.2, -0.15) is 0 Å².